The van der Waals surface area contributed by atoms with Crippen molar-refractivity contribution in [3.05, 3.63) is 96.6 Å². The number of esters is 1. The first kappa shape index (κ1) is 32.8. The molecule has 0 radical (unpaired) electrons. The lowest BCUT2D eigenvalue weighted by Crippen LogP contribution is -2.67. The van der Waals surface area contributed by atoms with Gasteiger partial charge in [0, 0.05) is 7.11 Å². The van der Waals surface area contributed by atoms with E-state index in [1.54, 1.807) is 18.2 Å². The van der Waals surface area contributed by atoms with Gasteiger partial charge in [0.25, 0.3) is 8.32 Å². The molecule has 0 bridgehead atoms. The Morgan fingerprint density at radius 2 is 1.33 bits per heavy atom. The van der Waals surface area contributed by atoms with Crippen molar-refractivity contribution in [2.24, 2.45) is 0 Å². The quantitative estimate of drug-likeness (QED) is 0.140. The van der Waals surface area contributed by atoms with E-state index in [2.05, 4.69) is 0 Å². The third-order valence-electron chi connectivity index (χ3n) is 7.15. The summed E-state index contributed by atoms with van der Waals surface area (Å²) in [7, 11) is -8.18. The van der Waals surface area contributed by atoms with Crippen LogP contribution in [0.3, 0.4) is 0 Å². The van der Waals surface area contributed by atoms with Crippen LogP contribution in [0.15, 0.2) is 91.0 Å². The summed E-state index contributed by atoms with van der Waals surface area (Å²) in [5.74, 6) is -0.928. The molecule has 0 N–H and O–H groups in total. The van der Waals surface area contributed by atoms with Crippen molar-refractivity contribution >= 4 is 34.8 Å². The smallest absolute Gasteiger partial charge is 0.450 e. The molecule has 3 aromatic rings. The molecule has 4 rings (SSSR count). The number of hydrogen-bond donors (Lipinski definition) is 0. The van der Waals surface area contributed by atoms with Crippen molar-refractivity contribution in [2.45, 2.75) is 55.9 Å². The summed E-state index contributed by atoms with van der Waals surface area (Å²) in [5.41, 5.74) is -5.66. The van der Waals surface area contributed by atoms with Crippen LogP contribution in [0.1, 0.15) is 31.1 Å². The van der Waals surface area contributed by atoms with E-state index in [1.807, 2.05) is 81.4 Å². The van der Waals surface area contributed by atoms with E-state index in [0.717, 1.165) is 10.4 Å². The lowest BCUT2D eigenvalue weighted by Gasteiger charge is -2.43. The van der Waals surface area contributed by atoms with Crippen LogP contribution in [0.25, 0.3) is 0 Å². The molecule has 0 saturated carbocycles. The monoisotopic (exact) mass is 638 g/mol. The topological polar surface area (TPSA) is 97.4 Å². The summed E-state index contributed by atoms with van der Waals surface area (Å²) >= 11 is 0. The van der Waals surface area contributed by atoms with Gasteiger partial charge in [-0.25, -0.2) is 4.79 Å². The third-order valence-corrected chi connectivity index (χ3v) is 13.2. The van der Waals surface area contributed by atoms with Gasteiger partial charge in [-0.3, -0.25) is 4.18 Å². The van der Waals surface area contributed by atoms with Gasteiger partial charge in [-0.1, -0.05) is 99.6 Å². The molecule has 0 spiro atoms. The summed E-state index contributed by atoms with van der Waals surface area (Å²) < 4.78 is 93.1. The second-order valence-corrected chi connectivity index (χ2v) is 16.8. The molecule has 1 fully saturated rings. The molecule has 1 aliphatic rings. The highest BCUT2D eigenvalue weighted by Crippen LogP contribution is 2.39. The van der Waals surface area contributed by atoms with Crippen LogP contribution < -0.4 is 10.4 Å². The average Bonchev–Trinajstić information content (AvgIpc) is 3.28. The lowest BCUT2D eigenvalue weighted by molar-refractivity contribution is -0.153. The Hall–Kier alpha value is -3.07. The highest BCUT2D eigenvalue weighted by atomic mass is 32.2. The minimum Gasteiger partial charge on any atom is -0.450 e. The van der Waals surface area contributed by atoms with Gasteiger partial charge >= 0.3 is 21.6 Å². The van der Waals surface area contributed by atoms with Crippen molar-refractivity contribution in [1.29, 1.82) is 0 Å². The Balaban J connectivity index is 1.75. The minimum absolute atomic E-state index is 0.0850. The predicted octanol–water partition coefficient (Wildman–Crippen LogP) is 4.39. The van der Waals surface area contributed by atoms with E-state index >= 15 is 0 Å². The van der Waals surface area contributed by atoms with Crippen molar-refractivity contribution in [2.75, 3.05) is 13.7 Å². The average molecular weight is 639 g/mol. The van der Waals surface area contributed by atoms with Crippen LogP contribution in [0.2, 0.25) is 5.04 Å². The van der Waals surface area contributed by atoms with Gasteiger partial charge < -0.3 is 18.6 Å². The molecule has 1 unspecified atom stereocenters. The molecule has 1 heterocycles. The summed E-state index contributed by atoms with van der Waals surface area (Å²) in [6.45, 7) is 5.60. The van der Waals surface area contributed by atoms with Gasteiger partial charge in [0.1, 0.15) is 12.2 Å². The lowest BCUT2D eigenvalue weighted by atomic mass is 10.1. The van der Waals surface area contributed by atoms with Crippen LogP contribution >= 0.6 is 0 Å². The molecule has 3 aromatic carbocycles. The van der Waals surface area contributed by atoms with Gasteiger partial charge in [0.05, 0.1) is 12.2 Å². The molecule has 1 saturated heterocycles. The molecule has 13 heteroatoms. The van der Waals surface area contributed by atoms with Gasteiger partial charge in [0.2, 0.25) is 0 Å². The van der Waals surface area contributed by atoms with Gasteiger partial charge in [-0.05, 0) is 27.5 Å². The minimum atomic E-state index is -6.14. The molecule has 8 nitrogen and oxygen atoms in total. The van der Waals surface area contributed by atoms with Crippen LogP contribution in [0.5, 0.6) is 0 Å². The fraction of sp³-hybridized carbons (Fsp3) is 0.367. The van der Waals surface area contributed by atoms with E-state index in [4.69, 9.17) is 22.8 Å². The number of carbonyl (C=O) groups is 1. The predicted molar refractivity (Wildman–Crippen MR) is 155 cm³/mol. The van der Waals surface area contributed by atoms with E-state index in [9.17, 15) is 26.4 Å². The zero-order chi connectivity index (χ0) is 31.5. The van der Waals surface area contributed by atoms with Gasteiger partial charge in [-0.15, -0.1) is 0 Å². The molecule has 1 aliphatic heterocycles. The van der Waals surface area contributed by atoms with E-state index in [1.165, 1.54) is 19.2 Å². The number of methoxy groups -OCH3 is 1. The normalized spacial score (nSPS) is 21.5. The molecule has 4 atom stereocenters. The van der Waals surface area contributed by atoms with Crippen molar-refractivity contribution in [1.82, 2.24) is 0 Å². The zero-order valence-electron chi connectivity index (χ0n) is 24.0. The first-order valence-electron chi connectivity index (χ1n) is 13.4. The maximum atomic E-state index is 13.5. The number of hydrogen-bond acceptors (Lipinski definition) is 8. The van der Waals surface area contributed by atoms with Crippen LogP contribution in [0, 0.1) is 0 Å². The highest BCUT2D eigenvalue weighted by Gasteiger charge is 2.57. The summed E-state index contributed by atoms with van der Waals surface area (Å²) in [6.07, 6.45) is -6.50. The molecule has 0 amide bonds. The Morgan fingerprint density at radius 1 is 0.837 bits per heavy atom. The Bertz CT molecular complexity index is 1430. The second-order valence-electron chi connectivity index (χ2n) is 10.9. The molecule has 232 valence electrons. The van der Waals surface area contributed by atoms with Gasteiger partial charge in [-0.2, -0.15) is 21.6 Å². The van der Waals surface area contributed by atoms with Crippen LogP contribution in [0.4, 0.5) is 13.2 Å². The molecular weight excluding hydrogens is 605 g/mol. The highest BCUT2D eigenvalue weighted by molar-refractivity contribution is 7.87. The van der Waals surface area contributed by atoms with Gasteiger partial charge in [0.15, 0.2) is 12.4 Å². The molecule has 0 aromatic heterocycles. The van der Waals surface area contributed by atoms with E-state index in [0.29, 0.717) is 0 Å². The maximum absolute atomic E-state index is 13.5. The van der Waals surface area contributed by atoms with E-state index in [-0.39, 0.29) is 5.56 Å². The number of halogens is 3. The molecule has 43 heavy (non-hydrogen) atoms. The Morgan fingerprint density at radius 3 is 1.77 bits per heavy atom. The number of alkyl halides is 3. The third kappa shape index (κ3) is 6.87. The number of benzene rings is 3. The number of rotatable bonds is 10. The SMILES string of the molecule is COC1O[C@H](CO[Si](c2ccccc2)(c2ccccc2)C(C)(C)C)[C@@H](OS(=O)(=O)C(F)(F)F)[C@@H]1OC(=O)c1ccccc1. The summed E-state index contributed by atoms with van der Waals surface area (Å²) in [6, 6.07) is 26.5. The standard InChI is InChI=1S/C30H33F3O8SSi/c1-29(2,3)43(22-16-10-6-11-17-22,23-18-12-7-13-19-23)38-20-24-25(41-42(35,36)30(31,32)33)26(28(37-4)39-24)40-27(34)21-14-8-5-9-15-21/h5-19,24-26,28H,20H2,1-4H3/t24-,25-,26+,28?/m1/s1. The van der Waals surface area contributed by atoms with Crippen molar-refractivity contribution in [3.63, 3.8) is 0 Å². The maximum Gasteiger partial charge on any atom is 0.523 e. The Labute approximate surface area is 249 Å². The second kappa shape index (κ2) is 12.9. The van der Waals surface area contributed by atoms with Crippen molar-refractivity contribution in [3.8, 4) is 0 Å². The summed E-state index contributed by atoms with van der Waals surface area (Å²) in [5, 5.41) is 1.24. The largest absolute Gasteiger partial charge is 0.523 e. The zero-order valence-corrected chi connectivity index (χ0v) is 25.8. The van der Waals surface area contributed by atoms with Crippen LogP contribution in [-0.2, 0) is 32.9 Å². The molecular formula is C30H33F3O8SSi. The summed E-state index contributed by atoms with van der Waals surface area (Å²) in [4.78, 5) is 12.9. The van der Waals surface area contributed by atoms with E-state index < -0.39 is 66.2 Å². The number of ether oxygens (including phenoxy) is 3. The number of carbonyl (C=O) groups excluding carboxylic acids is 1. The van der Waals surface area contributed by atoms with Crippen molar-refractivity contribution < 1.29 is 49.2 Å². The fourth-order valence-corrected chi connectivity index (χ4v) is 10.4. The fourth-order valence-electron chi connectivity index (χ4n) is 5.19. The first-order chi connectivity index (χ1) is 20.2. The molecule has 0 aliphatic carbocycles. The first-order valence-corrected chi connectivity index (χ1v) is 16.7. The Kier molecular flexibility index (Phi) is 9.84. The van der Waals surface area contributed by atoms with Crippen LogP contribution in [-0.4, -0.2) is 66.5 Å².